The van der Waals surface area contributed by atoms with E-state index in [0.717, 1.165) is 19.3 Å². The Morgan fingerprint density at radius 3 is 2.85 bits per heavy atom. The Balaban J connectivity index is 1.43. The molecule has 3 amide bonds. The number of amides is 3. The zero-order chi connectivity index (χ0) is 18.1. The summed E-state index contributed by atoms with van der Waals surface area (Å²) < 4.78 is 15.0. The van der Waals surface area contributed by atoms with Gasteiger partial charge in [0.15, 0.2) is 17.5 Å². The van der Waals surface area contributed by atoms with Crippen molar-refractivity contribution in [1.82, 2.24) is 25.0 Å². The fourth-order valence-corrected chi connectivity index (χ4v) is 3.04. The van der Waals surface area contributed by atoms with Crippen molar-refractivity contribution < 1.29 is 14.0 Å². The van der Waals surface area contributed by atoms with Gasteiger partial charge in [-0.3, -0.25) is 10.1 Å². The molecule has 2 aromatic rings. The van der Waals surface area contributed by atoms with Crippen LogP contribution in [0.4, 0.5) is 15.0 Å². The van der Waals surface area contributed by atoms with Gasteiger partial charge >= 0.3 is 6.03 Å². The summed E-state index contributed by atoms with van der Waals surface area (Å²) in [4.78, 5) is 30.3. The van der Waals surface area contributed by atoms with E-state index in [0.29, 0.717) is 13.0 Å². The lowest BCUT2D eigenvalue weighted by atomic mass is 10.2. The Morgan fingerprint density at radius 2 is 2.08 bits per heavy atom. The number of aromatic nitrogens is 3. The van der Waals surface area contributed by atoms with E-state index in [1.807, 2.05) is 0 Å². The molecule has 2 aliphatic rings. The third kappa shape index (κ3) is 3.37. The van der Waals surface area contributed by atoms with E-state index < -0.39 is 11.9 Å². The van der Waals surface area contributed by atoms with E-state index in [9.17, 15) is 14.0 Å². The minimum Gasteiger partial charge on any atom is -0.352 e. The normalized spacial score (nSPS) is 19.4. The zero-order valence-corrected chi connectivity index (χ0v) is 14.1. The van der Waals surface area contributed by atoms with Crippen LogP contribution in [0.5, 0.6) is 0 Å². The zero-order valence-electron chi connectivity index (χ0n) is 14.1. The van der Waals surface area contributed by atoms with Gasteiger partial charge in [0.05, 0.1) is 0 Å². The highest BCUT2D eigenvalue weighted by Gasteiger charge is 2.36. The second-order valence-corrected chi connectivity index (χ2v) is 6.52. The summed E-state index contributed by atoms with van der Waals surface area (Å²) in [7, 11) is 0. The van der Waals surface area contributed by atoms with Crippen LogP contribution in [0.2, 0.25) is 0 Å². The lowest BCUT2D eigenvalue weighted by Gasteiger charge is -2.23. The minimum atomic E-state index is -0.509. The first kappa shape index (κ1) is 16.5. The van der Waals surface area contributed by atoms with Crippen LogP contribution in [-0.4, -0.2) is 50.2 Å². The molecule has 0 aromatic carbocycles. The van der Waals surface area contributed by atoms with Crippen LogP contribution in [0.15, 0.2) is 30.6 Å². The third-order valence-corrected chi connectivity index (χ3v) is 4.52. The molecule has 1 aliphatic carbocycles. The Bertz CT molecular complexity index is 834. The summed E-state index contributed by atoms with van der Waals surface area (Å²) >= 11 is 0. The van der Waals surface area contributed by atoms with Crippen molar-refractivity contribution in [3.63, 3.8) is 0 Å². The number of rotatable bonds is 4. The topological polar surface area (TPSA) is 92.2 Å². The first-order valence-corrected chi connectivity index (χ1v) is 8.66. The Morgan fingerprint density at radius 1 is 1.23 bits per heavy atom. The first-order valence-electron chi connectivity index (χ1n) is 8.66. The minimum absolute atomic E-state index is 0.0517. The molecular weight excluding hydrogens is 339 g/mol. The molecule has 0 bridgehead atoms. The lowest BCUT2D eigenvalue weighted by molar-refractivity contribution is -0.124. The fourth-order valence-electron chi connectivity index (χ4n) is 3.04. The quantitative estimate of drug-likeness (QED) is 0.870. The van der Waals surface area contributed by atoms with Crippen molar-refractivity contribution in [3.05, 3.63) is 36.4 Å². The highest BCUT2D eigenvalue weighted by atomic mass is 19.1. The van der Waals surface area contributed by atoms with E-state index in [4.69, 9.17) is 0 Å². The number of carbonyl (C=O) groups is 2. The smallest absolute Gasteiger partial charge is 0.323 e. The average Bonchev–Trinajstić information content (AvgIpc) is 3.12. The van der Waals surface area contributed by atoms with E-state index in [-0.39, 0.29) is 29.6 Å². The number of pyridine rings is 1. The Kier molecular flexibility index (Phi) is 4.27. The summed E-state index contributed by atoms with van der Waals surface area (Å²) in [6.45, 7) is 0.518. The third-order valence-electron chi connectivity index (χ3n) is 4.52. The number of halogens is 1. The standard InChI is InChI=1S/C17H19FN6O2/c18-12-3-1-8-19-15(12)24-10-7-14(22-24)21-17(26)23-9-2-4-13(23)16(25)20-11-5-6-11/h1,3,7-8,10-11,13H,2,4-6,9H2,(H,20,25)(H,21,22,26). The molecule has 136 valence electrons. The summed E-state index contributed by atoms with van der Waals surface area (Å²) in [5.41, 5.74) is 0. The molecule has 1 unspecified atom stereocenters. The molecule has 8 nitrogen and oxygen atoms in total. The molecule has 1 saturated heterocycles. The summed E-state index contributed by atoms with van der Waals surface area (Å²) in [5, 5.41) is 9.75. The van der Waals surface area contributed by atoms with Crippen LogP contribution < -0.4 is 10.6 Å². The number of carbonyl (C=O) groups excluding carboxylic acids is 2. The predicted octanol–water partition coefficient (Wildman–Crippen LogP) is 1.68. The number of hydrogen-bond donors (Lipinski definition) is 2. The van der Waals surface area contributed by atoms with Gasteiger partial charge in [-0.1, -0.05) is 0 Å². The highest BCUT2D eigenvalue weighted by molar-refractivity contribution is 5.93. The van der Waals surface area contributed by atoms with Gasteiger partial charge in [0.2, 0.25) is 5.91 Å². The molecule has 4 rings (SSSR count). The number of urea groups is 1. The molecule has 1 aliphatic heterocycles. The van der Waals surface area contributed by atoms with Gasteiger partial charge in [0.25, 0.3) is 0 Å². The van der Waals surface area contributed by atoms with Gasteiger partial charge < -0.3 is 10.2 Å². The van der Waals surface area contributed by atoms with Crippen LogP contribution in [0.3, 0.4) is 0 Å². The molecule has 0 spiro atoms. The molecule has 2 aromatic heterocycles. The number of hydrogen-bond acceptors (Lipinski definition) is 4. The number of likely N-dealkylation sites (tertiary alicyclic amines) is 1. The maximum Gasteiger partial charge on any atom is 0.323 e. The van der Waals surface area contributed by atoms with Gasteiger partial charge in [0, 0.05) is 31.0 Å². The van der Waals surface area contributed by atoms with E-state index in [1.54, 1.807) is 6.07 Å². The second-order valence-electron chi connectivity index (χ2n) is 6.52. The van der Waals surface area contributed by atoms with Crippen molar-refractivity contribution >= 4 is 17.8 Å². The summed E-state index contributed by atoms with van der Waals surface area (Å²) in [5.74, 6) is -0.282. The van der Waals surface area contributed by atoms with E-state index in [2.05, 4.69) is 20.7 Å². The van der Waals surface area contributed by atoms with Crippen LogP contribution in [0.25, 0.3) is 5.82 Å². The number of nitrogens with one attached hydrogen (secondary N) is 2. The summed E-state index contributed by atoms with van der Waals surface area (Å²) in [6, 6.07) is 3.76. The SMILES string of the molecule is O=C(NC1CC1)C1CCCN1C(=O)Nc1ccn(-c2ncccc2F)n1. The predicted molar refractivity (Wildman–Crippen MR) is 91.2 cm³/mol. The van der Waals surface area contributed by atoms with Crippen molar-refractivity contribution in [1.29, 1.82) is 0 Å². The van der Waals surface area contributed by atoms with Crippen LogP contribution in [0, 0.1) is 5.82 Å². The van der Waals surface area contributed by atoms with Crippen LogP contribution in [0.1, 0.15) is 25.7 Å². The second kappa shape index (κ2) is 6.74. The largest absolute Gasteiger partial charge is 0.352 e. The average molecular weight is 358 g/mol. The lowest BCUT2D eigenvalue weighted by Crippen LogP contribution is -2.48. The summed E-state index contributed by atoms with van der Waals surface area (Å²) in [6.07, 6.45) is 6.43. The van der Waals surface area contributed by atoms with Gasteiger partial charge in [-0.25, -0.2) is 18.9 Å². The van der Waals surface area contributed by atoms with Gasteiger partial charge in [0.1, 0.15) is 6.04 Å². The van der Waals surface area contributed by atoms with Gasteiger partial charge in [-0.15, -0.1) is 5.10 Å². The van der Waals surface area contributed by atoms with Gasteiger partial charge in [-0.2, -0.15) is 0 Å². The molecule has 0 radical (unpaired) electrons. The van der Waals surface area contributed by atoms with Crippen LogP contribution >= 0.6 is 0 Å². The van der Waals surface area contributed by atoms with Crippen LogP contribution in [-0.2, 0) is 4.79 Å². The molecular formula is C17H19FN6O2. The number of nitrogens with zero attached hydrogens (tertiary/aromatic N) is 4. The molecule has 2 N–H and O–H groups in total. The molecule has 2 fully saturated rings. The first-order chi connectivity index (χ1) is 12.6. The van der Waals surface area contributed by atoms with Crippen molar-refractivity contribution in [2.24, 2.45) is 0 Å². The Labute approximate surface area is 149 Å². The fraction of sp³-hybridized carbons (Fsp3) is 0.412. The van der Waals surface area contributed by atoms with E-state index >= 15 is 0 Å². The molecule has 1 saturated carbocycles. The van der Waals surface area contributed by atoms with Crippen molar-refractivity contribution in [2.75, 3.05) is 11.9 Å². The highest BCUT2D eigenvalue weighted by Crippen LogP contribution is 2.23. The number of anilines is 1. The molecule has 3 heterocycles. The van der Waals surface area contributed by atoms with Crippen molar-refractivity contribution in [3.8, 4) is 5.82 Å². The van der Waals surface area contributed by atoms with Gasteiger partial charge in [-0.05, 0) is 37.8 Å². The Hall–Kier alpha value is -2.97. The molecule has 26 heavy (non-hydrogen) atoms. The van der Waals surface area contributed by atoms with Crippen molar-refractivity contribution in [2.45, 2.75) is 37.8 Å². The molecule has 1 atom stereocenters. The monoisotopic (exact) mass is 358 g/mol. The maximum atomic E-state index is 13.8. The molecule has 9 heteroatoms. The van der Waals surface area contributed by atoms with E-state index in [1.165, 1.54) is 34.1 Å². The maximum absolute atomic E-state index is 13.8.